The number of amides is 1. The fraction of sp³-hybridized carbons (Fsp3) is 0.192. The largest absolute Gasteiger partial charge is 0.337 e. The van der Waals surface area contributed by atoms with Crippen molar-refractivity contribution in [2.45, 2.75) is 29.2 Å². The molecule has 2 heterocycles. The summed E-state index contributed by atoms with van der Waals surface area (Å²) >= 11 is 1.50. The van der Waals surface area contributed by atoms with Crippen LogP contribution in [-0.4, -0.2) is 39.9 Å². The number of halogens is 1. The fourth-order valence-corrected chi connectivity index (χ4v) is 4.76. The van der Waals surface area contributed by atoms with Crippen LogP contribution in [0.3, 0.4) is 0 Å². The Morgan fingerprint density at radius 1 is 1.24 bits per heavy atom. The lowest BCUT2D eigenvalue weighted by molar-refractivity contribution is -0.125. The predicted molar refractivity (Wildman–Crippen MR) is 132 cm³/mol. The van der Waals surface area contributed by atoms with Gasteiger partial charge in [0, 0.05) is 46.1 Å². The van der Waals surface area contributed by atoms with Crippen LogP contribution < -0.4 is 10.6 Å². The summed E-state index contributed by atoms with van der Waals surface area (Å²) < 4.78 is 15.4. The Kier molecular flexibility index (Phi) is 6.89. The highest BCUT2D eigenvalue weighted by Crippen LogP contribution is 2.29. The van der Waals surface area contributed by atoms with Crippen LogP contribution in [-0.2, 0) is 4.79 Å². The van der Waals surface area contributed by atoms with E-state index in [-0.39, 0.29) is 17.8 Å². The first-order valence-electron chi connectivity index (χ1n) is 10.7. The zero-order valence-electron chi connectivity index (χ0n) is 18.4. The molecule has 168 valence electrons. The van der Waals surface area contributed by atoms with E-state index >= 15 is 0 Å². The van der Waals surface area contributed by atoms with Gasteiger partial charge >= 0.3 is 0 Å². The number of hydrogen-bond donors (Lipinski definition) is 0. The van der Waals surface area contributed by atoms with E-state index in [1.165, 1.54) is 30.0 Å². The minimum atomic E-state index is -0.248. The van der Waals surface area contributed by atoms with E-state index < -0.39 is 0 Å². The van der Waals surface area contributed by atoms with Gasteiger partial charge in [-0.05, 0) is 49.8 Å². The third kappa shape index (κ3) is 4.98. The summed E-state index contributed by atoms with van der Waals surface area (Å²) in [4.78, 5) is 19.9. The molecule has 0 saturated carbocycles. The molecule has 5 nitrogen and oxygen atoms in total. The van der Waals surface area contributed by atoms with Crippen LogP contribution in [0.25, 0.3) is 24.0 Å². The van der Waals surface area contributed by atoms with Crippen molar-refractivity contribution in [3.8, 4) is 11.3 Å². The second kappa shape index (κ2) is 10.0. The minimum Gasteiger partial charge on any atom is -0.337 e. The molecule has 1 aliphatic rings. The van der Waals surface area contributed by atoms with Crippen molar-refractivity contribution in [1.82, 2.24) is 14.7 Å². The zero-order chi connectivity index (χ0) is 23.4. The molecule has 0 aliphatic carbocycles. The molecule has 1 amide bonds. The second-order valence-corrected chi connectivity index (χ2v) is 8.85. The molecule has 1 atom stereocenters. The molecule has 33 heavy (non-hydrogen) atoms. The molecule has 0 radical (unpaired) electrons. The van der Waals surface area contributed by atoms with E-state index in [9.17, 15) is 9.18 Å². The number of likely N-dealkylation sites (tertiary alicyclic amines) is 1. The van der Waals surface area contributed by atoms with Gasteiger partial charge in [-0.15, -0.1) is 0 Å². The Bertz CT molecular complexity index is 1310. The highest BCUT2D eigenvalue weighted by molar-refractivity contribution is 7.99. The molecule has 4 rings (SSSR count). The topological polar surface area (TPSA) is 50.5 Å². The van der Waals surface area contributed by atoms with E-state index in [1.807, 2.05) is 41.9 Å². The average molecular weight is 461 g/mol. The Hall–Kier alpha value is -3.45. The Morgan fingerprint density at radius 2 is 2.03 bits per heavy atom. The molecule has 1 saturated heterocycles. The number of rotatable bonds is 6. The number of carbonyl (C=O) groups excluding carboxylic acids is 1. The Morgan fingerprint density at radius 3 is 2.73 bits per heavy atom. The molecule has 0 unspecified atom stereocenters. The minimum absolute atomic E-state index is 0.0516. The van der Waals surface area contributed by atoms with Gasteiger partial charge in [-0.3, -0.25) is 14.5 Å². The lowest BCUT2D eigenvalue weighted by atomic mass is 10.1. The molecule has 1 aliphatic heterocycles. The van der Waals surface area contributed by atoms with Gasteiger partial charge in [-0.2, -0.15) is 5.10 Å². The standard InChI is InChI=1S/C26H25FN4OS/c1-4-25(32)30-14-13-21(17-30)31-18(3)24(16-28-5-2)26(29-31)19-9-11-22(12-10-19)33-23-8-6-7-20(27)15-23/h4-12,15-16,21H,1,3,13-14,17H2,2H3/b24-16+,28-5?/t21-/m1/s1. The maximum absolute atomic E-state index is 13.5. The van der Waals surface area contributed by atoms with Crippen molar-refractivity contribution in [2.24, 2.45) is 4.99 Å². The number of benzene rings is 2. The van der Waals surface area contributed by atoms with Gasteiger partial charge in [0.25, 0.3) is 0 Å². The van der Waals surface area contributed by atoms with Crippen molar-refractivity contribution in [3.63, 3.8) is 0 Å². The summed E-state index contributed by atoms with van der Waals surface area (Å²) in [6.07, 6.45) is 5.65. The van der Waals surface area contributed by atoms with Gasteiger partial charge in [0.15, 0.2) is 0 Å². The molecule has 2 aromatic carbocycles. The Balaban J connectivity index is 1.66. The molecule has 0 spiro atoms. The van der Waals surface area contributed by atoms with E-state index in [0.717, 1.165) is 38.0 Å². The van der Waals surface area contributed by atoms with Crippen LogP contribution in [0.5, 0.6) is 0 Å². The predicted octanol–water partition coefficient (Wildman–Crippen LogP) is 4.04. The lowest BCUT2D eigenvalue weighted by Crippen LogP contribution is -2.33. The number of nitrogens with zero attached hydrogens (tertiary/aromatic N) is 4. The van der Waals surface area contributed by atoms with Gasteiger partial charge in [0.2, 0.25) is 5.91 Å². The smallest absolute Gasteiger partial charge is 0.246 e. The molecule has 3 aromatic rings. The summed E-state index contributed by atoms with van der Waals surface area (Å²) in [6, 6.07) is 14.6. The van der Waals surface area contributed by atoms with Crippen molar-refractivity contribution in [3.05, 3.63) is 77.6 Å². The molecule has 1 aromatic heterocycles. The van der Waals surface area contributed by atoms with Crippen molar-refractivity contribution in [1.29, 1.82) is 0 Å². The third-order valence-electron chi connectivity index (χ3n) is 5.56. The summed E-state index contributed by atoms with van der Waals surface area (Å²) in [6.45, 7) is 11.0. The van der Waals surface area contributed by atoms with Crippen molar-refractivity contribution in [2.75, 3.05) is 13.1 Å². The number of aromatic nitrogens is 2. The van der Waals surface area contributed by atoms with E-state index in [1.54, 1.807) is 23.4 Å². The zero-order valence-corrected chi connectivity index (χ0v) is 19.3. The van der Waals surface area contributed by atoms with E-state index in [0.29, 0.717) is 13.1 Å². The number of aliphatic imine (C=N–C) groups is 1. The van der Waals surface area contributed by atoms with Crippen molar-refractivity contribution < 1.29 is 9.18 Å². The van der Waals surface area contributed by atoms with Gasteiger partial charge in [-0.25, -0.2) is 4.39 Å². The molecule has 7 heteroatoms. The van der Waals surface area contributed by atoms with Crippen LogP contribution >= 0.6 is 11.8 Å². The molecule has 0 bridgehead atoms. The van der Waals surface area contributed by atoms with Crippen LogP contribution in [0, 0.1) is 5.82 Å². The average Bonchev–Trinajstić information content (AvgIpc) is 3.43. The van der Waals surface area contributed by atoms with Gasteiger partial charge in [0.05, 0.1) is 11.4 Å². The van der Waals surface area contributed by atoms with E-state index in [2.05, 4.69) is 18.2 Å². The quantitative estimate of drug-likeness (QED) is 0.412. The van der Waals surface area contributed by atoms with Crippen molar-refractivity contribution >= 4 is 36.7 Å². The molecule has 1 fully saturated rings. The second-order valence-electron chi connectivity index (χ2n) is 7.70. The summed E-state index contributed by atoms with van der Waals surface area (Å²) in [5.74, 6) is -0.314. The summed E-state index contributed by atoms with van der Waals surface area (Å²) in [7, 11) is 0. The normalized spacial score (nSPS) is 16.6. The van der Waals surface area contributed by atoms with Gasteiger partial charge in [0.1, 0.15) is 11.5 Å². The fourth-order valence-electron chi connectivity index (χ4n) is 3.90. The van der Waals surface area contributed by atoms with Crippen LogP contribution in [0.1, 0.15) is 19.4 Å². The SMILES string of the molecule is C=CC(=O)N1CC[C@@H](n2nc(-c3ccc(Sc4cccc(F)c4)cc3)/c(=C/N=CC)c2=C)C1. The lowest BCUT2D eigenvalue weighted by Gasteiger charge is -2.14. The first kappa shape index (κ1) is 22.7. The first-order chi connectivity index (χ1) is 16.0. The molecule has 0 N–H and O–H groups in total. The summed E-state index contributed by atoms with van der Waals surface area (Å²) in [5, 5.41) is 6.51. The van der Waals surface area contributed by atoms with Gasteiger partial charge < -0.3 is 4.90 Å². The van der Waals surface area contributed by atoms with Gasteiger partial charge in [-0.1, -0.05) is 43.1 Å². The third-order valence-corrected chi connectivity index (χ3v) is 6.56. The first-order valence-corrected chi connectivity index (χ1v) is 11.5. The number of carbonyl (C=O) groups is 1. The van der Waals surface area contributed by atoms with Crippen LogP contribution in [0.4, 0.5) is 4.39 Å². The van der Waals surface area contributed by atoms with Crippen LogP contribution in [0.2, 0.25) is 0 Å². The monoisotopic (exact) mass is 460 g/mol. The maximum atomic E-state index is 13.5. The highest BCUT2D eigenvalue weighted by Gasteiger charge is 2.27. The summed E-state index contributed by atoms with van der Waals surface area (Å²) in [5.41, 5.74) is 1.73. The molecular formula is C26H25FN4OS. The van der Waals surface area contributed by atoms with Crippen LogP contribution in [0.15, 0.2) is 76.0 Å². The van der Waals surface area contributed by atoms with E-state index in [4.69, 9.17) is 5.10 Å². The molecular weight excluding hydrogens is 435 g/mol. The number of hydrogen-bond acceptors (Lipinski definition) is 4. The highest BCUT2D eigenvalue weighted by atomic mass is 32.2. The Labute approximate surface area is 196 Å². The maximum Gasteiger partial charge on any atom is 0.246 e.